The molecule has 96 valence electrons. The Morgan fingerprint density at radius 3 is 1.95 bits per heavy atom. The molecule has 2 nitrogen and oxygen atoms in total. The average molecular weight is 259 g/mol. The Balaban J connectivity index is 1.79. The van der Waals surface area contributed by atoms with Crippen LogP contribution in [-0.2, 0) is 0 Å². The van der Waals surface area contributed by atoms with E-state index in [1.165, 1.54) is 5.56 Å². The summed E-state index contributed by atoms with van der Waals surface area (Å²) in [6, 6.07) is 18.5. The fraction of sp³-hybridized carbons (Fsp3) is 0. The molecule has 0 aliphatic rings. The number of hydrogen-bond donors (Lipinski definition) is 0. The van der Waals surface area contributed by atoms with Gasteiger partial charge in [0, 0.05) is 36.7 Å². The van der Waals surface area contributed by atoms with Gasteiger partial charge in [0.15, 0.2) is 12.4 Å². The predicted molar refractivity (Wildman–Crippen MR) is 81.1 cm³/mol. The summed E-state index contributed by atoms with van der Waals surface area (Å²) < 4.78 is 2.10. The zero-order valence-corrected chi connectivity index (χ0v) is 11.1. The van der Waals surface area contributed by atoms with Gasteiger partial charge in [-0.2, -0.15) is 4.57 Å². The van der Waals surface area contributed by atoms with Gasteiger partial charge in [-0.15, -0.1) is 0 Å². The lowest BCUT2D eigenvalue weighted by Gasteiger charge is -1.96. The number of aromatic nitrogens is 2. The first-order valence-electron chi connectivity index (χ1n) is 6.57. The van der Waals surface area contributed by atoms with Crippen LogP contribution < -0.4 is 4.57 Å². The van der Waals surface area contributed by atoms with E-state index >= 15 is 0 Å². The lowest BCUT2D eigenvalue weighted by Crippen LogP contribution is -2.28. The van der Waals surface area contributed by atoms with E-state index in [9.17, 15) is 0 Å². The quantitative estimate of drug-likeness (QED) is 0.657. The van der Waals surface area contributed by atoms with Gasteiger partial charge in [-0.05, 0) is 23.3 Å². The van der Waals surface area contributed by atoms with E-state index in [-0.39, 0.29) is 0 Å². The SMILES string of the molecule is C(=C\c1cc[n+](-c2ccccc2)cc1)/c1ccncc1. The molecule has 20 heavy (non-hydrogen) atoms. The van der Waals surface area contributed by atoms with Gasteiger partial charge in [-0.3, -0.25) is 4.98 Å². The minimum absolute atomic E-state index is 1.15. The highest BCUT2D eigenvalue weighted by atomic mass is 14.9. The molecule has 3 aromatic rings. The van der Waals surface area contributed by atoms with Gasteiger partial charge in [-0.1, -0.05) is 30.4 Å². The number of nitrogens with zero attached hydrogens (tertiary/aromatic N) is 2. The fourth-order valence-corrected chi connectivity index (χ4v) is 1.99. The van der Waals surface area contributed by atoms with Crippen molar-refractivity contribution < 1.29 is 4.57 Å². The minimum atomic E-state index is 1.15. The van der Waals surface area contributed by atoms with Gasteiger partial charge in [-0.25, -0.2) is 0 Å². The third-order valence-electron chi connectivity index (χ3n) is 3.08. The van der Waals surface area contributed by atoms with Crippen LogP contribution in [0.25, 0.3) is 17.8 Å². The van der Waals surface area contributed by atoms with Gasteiger partial charge < -0.3 is 0 Å². The molecule has 0 spiro atoms. The van der Waals surface area contributed by atoms with Crippen molar-refractivity contribution in [1.82, 2.24) is 4.98 Å². The maximum absolute atomic E-state index is 4.01. The topological polar surface area (TPSA) is 16.8 Å². The Hall–Kier alpha value is -2.74. The van der Waals surface area contributed by atoms with E-state index in [0.29, 0.717) is 0 Å². The summed E-state index contributed by atoms with van der Waals surface area (Å²) in [4.78, 5) is 4.01. The van der Waals surface area contributed by atoms with Crippen LogP contribution in [-0.4, -0.2) is 4.98 Å². The number of pyridine rings is 2. The predicted octanol–water partition coefficient (Wildman–Crippen LogP) is 3.53. The molecule has 0 unspecified atom stereocenters. The van der Waals surface area contributed by atoms with E-state index in [1.54, 1.807) is 12.4 Å². The molecule has 0 amide bonds. The highest BCUT2D eigenvalue weighted by Crippen LogP contribution is 2.06. The molecule has 0 saturated heterocycles. The first-order chi connectivity index (χ1) is 9.92. The molecule has 1 aromatic carbocycles. The lowest BCUT2D eigenvalue weighted by atomic mass is 10.2. The molecule has 0 fully saturated rings. The molecule has 2 heterocycles. The van der Waals surface area contributed by atoms with Gasteiger partial charge in [0.1, 0.15) is 0 Å². The van der Waals surface area contributed by atoms with Crippen molar-refractivity contribution in [2.75, 3.05) is 0 Å². The second-order valence-corrected chi connectivity index (χ2v) is 4.49. The summed E-state index contributed by atoms with van der Waals surface area (Å²) in [6.07, 6.45) is 11.9. The van der Waals surface area contributed by atoms with E-state index in [1.807, 2.05) is 30.3 Å². The molecule has 2 heteroatoms. The average Bonchev–Trinajstić information content (AvgIpc) is 2.55. The first-order valence-corrected chi connectivity index (χ1v) is 6.57. The highest BCUT2D eigenvalue weighted by Gasteiger charge is 2.02. The summed E-state index contributed by atoms with van der Waals surface area (Å²) >= 11 is 0. The molecule has 0 aliphatic heterocycles. The summed E-state index contributed by atoms with van der Waals surface area (Å²) in [6.45, 7) is 0. The molecule has 3 rings (SSSR count). The molecule has 0 aliphatic carbocycles. The summed E-state index contributed by atoms with van der Waals surface area (Å²) in [5, 5.41) is 0. The third-order valence-corrected chi connectivity index (χ3v) is 3.08. The van der Waals surface area contributed by atoms with Gasteiger partial charge in [0.2, 0.25) is 5.69 Å². The highest BCUT2D eigenvalue weighted by molar-refractivity contribution is 5.68. The van der Waals surface area contributed by atoms with E-state index < -0.39 is 0 Å². The molecule has 0 atom stereocenters. The molecule has 0 radical (unpaired) electrons. The first kappa shape index (κ1) is 12.3. The van der Waals surface area contributed by atoms with Crippen molar-refractivity contribution in [3.63, 3.8) is 0 Å². The smallest absolute Gasteiger partial charge is 0.210 e. The van der Waals surface area contributed by atoms with Crippen LogP contribution in [0, 0.1) is 0 Å². The second kappa shape index (κ2) is 5.93. The molecule has 2 aromatic heterocycles. The Bertz CT molecular complexity index is 687. The maximum Gasteiger partial charge on any atom is 0.210 e. The maximum atomic E-state index is 4.01. The van der Waals surface area contributed by atoms with Crippen LogP contribution in [0.3, 0.4) is 0 Å². The van der Waals surface area contributed by atoms with Crippen LogP contribution in [0.5, 0.6) is 0 Å². The number of hydrogen-bond acceptors (Lipinski definition) is 1. The number of benzene rings is 1. The third kappa shape index (κ3) is 2.98. The number of rotatable bonds is 3. The Morgan fingerprint density at radius 2 is 1.30 bits per heavy atom. The Morgan fingerprint density at radius 1 is 0.700 bits per heavy atom. The van der Waals surface area contributed by atoms with E-state index in [2.05, 4.69) is 58.4 Å². The van der Waals surface area contributed by atoms with Gasteiger partial charge in [0.05, 0.1) is 0 Å². The molecular formula is C18H15N2+. The van der Waals surface area contributed by atoms with Crippen LogP contribution in [0.1, 0.15) is 11.1 Å². The van der Waals surface area contributed by atoms with Crippen molar-refractivity contribution in [3.05, 3.63) is 90.5 Å². The van der Waals surface area contributed by atoms with E-state index in [4.69, 9.17) is 0 Å². The van der Waals surface area contributed by atoms with Crippen molar-refractivity contribution in [2.24, 2.45) is 0 Å². The van der Waals surface area contributed by atoms with Crippen molar-refractivity contribution in [2.45, 2.75) is 0 Å². The van der Waals surface area contributed by atoms with Crippen LogP contribution in [0.4, 0.5) is 0 Å². The van der Waals surface area contributed by atoms with Crippen molar-refractivity contribution >= 4 is 12.2 Å². The molecule has 0 bridgehead atoms. The van der Waals surface area contributed by atoms with Crippen LogP contribution >= 0.6 is 0 Å². The fourth-order valence-electron chi connectivity index (χ4n) is 1.99. The van der Waals surface area contributed by atoms with Crippen LogP contribution in [0.2, 0.25) is 0 Å². The zero-order chi connectivity index (χ0) is 13.6. The van der Waals surface area contributed by atoms with Crippen molar-refractivity contribution in [1.29, 1.82) is 0 Å². The molecule has 0 N–H and O–H groups in total. The monoisotopic (exact) mass is 259 g/mol. The van der Waals surface area contributed by atoms with Gasteiger partial charge in [0.25, 0.3) is 0 Å². The van der Waals surface area contributed by atoms with Crippen LogP contribution in [0.15, 0.2) is 79.4 Å². The lowest BCUT2D eigenvalue weighted by molar-refractivity contribution is -0.595. The Labute approximate surface area is 118 Å². The second-order valence-electron chi connectivity index (χ2n) is 4.49. The number of para-hydroxylation sites is 1. The summed E-state index contributed by atoms with van der Waals surface area (Å²) in [7, 11) is 0. The van der Waals surface area contributed by atoms with E-state index in [0.717, 1.165) is 11.3 Å². The standard InChI is InChI=1S/C18H15N2/c1-2-4-18(5-3-1)20-14-10-17(11-15-20)7-6-16-8-12-19-13-9-16/h1-15H/q+1/b7-6+. The normalized spacial score (nSPS) is 10.8. The van der Waals surface area contributed by atoms with Crippen molar-refractivity contribution in [3.8, 4) is 5.69 Å². The molecular weight excluding hydrogens is 244 g/mol. The summed E-state index contributed by atoms with van der Waals surface area (Å²) in [5.41, 5.74) is 3.49. The van der Waals surface area contributed by atoms with Gasteiger partial charge >= 0.3 is 0 Å². The summed E-state index contributed by atoms with van der Waals surface area (Å²) in [5.74, 6) is 0. The minimum Gasteiger partial charge on any atom is -0.265 e. The zero-order valence-electron chi connectivity index (χ0n) is 11.1. The molecule has 0 saturated carbocycles. The Kier molecular flexibility index (Phi) is 3.65. The largest absolute Gasteiger partial charge is 0.265 e.